The van der Waals surface area contributed by atoms with Crippen LogP contribution in [-0.2, 0) is 6.42 Å². The average Bonchev–Trinajstić information content (AvgIpc) is 2.37. The molecule has 0 amide bonds. The van der Waals surface area contributed by atoms with Gasteiger partial charge in [0.1, 0.15) is 5.82 Å². The summed E-state index contributed by atoms with van der Waals surface area (Å²) in [6, 6.07) is 10.1. The van der Waals surface area contributed by atoms with Crippen LogP contribution in [0.15, 0.2) is 35.1 Å². The molecule has 1 N–H and O–H groups in total. The summed E-state index contributed by atoms with van der Waals surface area (Å²) in [6.45, 7) is 1.99. The van der Waals surface area contributed by atoms with Gasteiger partial charge in [0.2, 0.25) is 0 Å². The lowest BCUT2D eigenvalue weighted by molar-refractivity contribution is 0.420. The quantitative estimate of drug-likeness (QED) is 0.913. The highest BCUT2D eigenvalue weighted by atomic mass is 16.1. The molecule has 0 aliphatic heterocycles. The first-order chi connectivity index (χ1) is 9.26. The zero-order chi connectivity index (χ0) is 13.2. The van der Waals surface area contributed by atoms with Crippen LogP contribution in [0.5, 0.6) is 0 Å². The molecule has 2 aromatic rings. The maximum Gasteiger partial charge on any atom is 0.251 e. The Kier molecular flexibility index (Phi) is 3.20. The molecule has 0 spiro atoms. The second-order valence-electron chi connectivity index (χ2n) is 5.18. The molecule has 3 heteroatoms. The van der Waals surface area contributed by atoms with Crippen LogP contribution < -0.4 is 5.56 Å². The Morgan fingerprint density at radius 3 is 2.58 bits per heavy atom. The van der Waals surface area contributed by atoms with Crippen molar-refractivity contribution < 1.29 is 0 Å². The summed E-state index contributed by atoms with van der Waals surface area (Å²) in [6.07, 6.45) is 4.70. The Morgan fingerprint density at radius 2 is 2.00 bits per heavy atom. The number of benzene rings is 1. The average molecular weight is 254 g/mol. The molecule has 3 rings (SSSR count). The molecule has 1 aliphatic rings. The molecule has 0 saturated heterocycles. The number of aromatic nitrogens is 2. The third-order valence-electron chi connectivity index (χ3n) is 3.91. The van der Waals surface area contributed by atoms with Crippen LogP contribution in [-0.4, -0.2) is 9.97 Å². The highest BCUT2D eigenvalue weighted by molar-refractivity contribution is 5.59. The highest BCUT2D eigenvalue weighted by Crippen LogP contribution is 2.36. The second-order valence-corrected chi connectivity index (χ2v) is 5.18. The molecule has 1 aromatic heterocycles. The molecule has 1 aromatic carbocycles. The van der Waals surface area contributed by atoms with Gasteiger partial charge >= 0.3 is 0 Å². The smallest absolute Gasteiger partial charge is 0.251 e. The van der Waals surface area contributed by atoms with Gasteiger partial charge in [-0.05, 0) is 24.3 Å². The number of nitrogens with one attached hydrogen (secondary N) is 1. The zero-order valence-corrected chi connectivity index (χ0v) is 11.1. The van der Waals surface area contributed by atoms with Crippen LogP contribution >= 0.6 is 0 Å². The molecular formula is C16H18N2O. The molecular weight excluding hydrogens is 236 g/mol. The molecule has 98 valence electrons. The molecule has 1 heterocycles. The number of aromatic amines is 1. The Balaban J connectivity index is 1.93. The summed E-state index contributed by atoms with van der Waals surface area (Å²) in [4.78, 5) is 18.8. The van der Waals surface area contributed by atoms with E-state index in [1.165, 1.54) is 24.8 Å². The standard InChI is InChI=1S/C16H18N2O/c1-2-15-17-14(10-16(19)18-15)13-8-6-12(7-9-13)11-4-3-5-11/h6-11H,2-5H2,1H3,(H,17,18,19). The zero-order valence-electron chi connectivity index (χ0n) is 11.1. The van der Waals surface area contributed by atoms with Crippen molar-refractivity contribution >= 4 is 0 Å². The molecule has 1 aliphatic carbocycles. The van der Waals surface area contributed by atoms with Gasteiger partial charge in [0.05, 0.1) is 5.69 Å². The summed E-state index contributed by atoms with van der Waals surface area (Å²) in [7, 11) is 0. The molecule has 0 radical (unpaired) electrons. The number of hydrogen-bond donors (Lipinski definition) is 1. The highest BCUT2D eigenvalue weighted by Gasteiger charge is 2.19. The van der Waals surface area contributed by atoms with E-state index in [9.17, 15) is 4.79 Å². The normalized spacial score (nSPS) is 15.2. The largest absolute Gasteiger partial charge is 0.311 e. The van der Waals surface area contributed by atoms with E-state index in [1.54, 1.807) is 6.07 Å². The molecule has 19 heavy (non-hydrogen) atoms. The summed E-state index contributed by atoms with van der Waals surface area (Å²) in [5.41, 5.74) is 3.12. The Hall–Kier alpha value is -1.90. The summed E-state index contributed by atoms with van der Waals surface area (Å²) in [5.74, 6) is 1.48. The lowest BCUT2D eigenvalue weighted by atomic mass is 9.80. The molecule has 1 fully saturated rings. The second kappa shape index (κ2) is 5.00. The van der Waals surface area contributed by atoms with Gasteiger partial charge in [-0.2, -0.15) is 0 Å². The number of H-pyrrole nitrogens is 1. The number of hydrogen-bond acceptors (Lipinski definition) is 2. The molecule has 0 atom stereocenters. The van der Waals surface area contributed by atoms with Crippen LogP contribution in [0, 0.1) is 0 Å². The topological polar surface area (TPSA) is 45.8 Å². The lowest BCUT2D eigenvalue weighted by Gasteiger charge is -2.25. The van der Waals surface area contributed by atoms with Gasteiger partial charge in [-0.15, -0.1) is 0 Å². The first-order valence-corrected chi connectivity index (χ1v) is 6.97. The van der Waals surface area contributed by atoms with Crippen LogP contribution in [0.3, 0.4) is 0 Å². The van der Waals surface area contributed by atoms with E-state index in [1.807, 2.05) is 6.92 Å². The fraction of sp³-hybridized carbons (Fsp3) is 0.375. The van der Waals surface area contributed by atoms with E-state index in [-0.39, 0.29) is 5.56 Å². The number of aryl methyl sites for hydroxylation is 1. The first kappa shape index (κ1) is 12.2. The SMILES string of the molecule is CCc1nc(-c2ccc(C3CCC3)cc2)cc(=O)[nH]1. The van der Waals surface area contributed by atoms with Gasteiger partial charge < -0.3 is 4.98 Å². The van der Waals surface area contributed by atoms with Crippen molar-refractivity contribution in [1.82, 2.24) is 9.97 Å². The summed E-state index contributed by atoms with van der Waals surface area (Å²) >= 11 is 0. The van der Waals surface area contributed by atoms with Crippen molar-refractivity contribution in [3.63, 3.8) is 0 Å². The summed E-state index contributed by atoms with van der Waals surface area (Å²) < 4.78 is 0. The van der Waals surface area contributed by atoms with E-state index in [2.05, 4.69) is 34.2 Å². The monoisotopic (exact) mass is 254 g/mol. The van der Waals surface area contributed by atoms with Crippen LogP contribution in [0.2, 0.25) is 0 Å². The Morgan fingerprint density at radius 1 is 1.26 bits per heavy atom. The third kappa shape index (κ3) is 2.46. The van der Waals surface area contributed by atoms with Crippen LogP contribution in [0.4, 0.5) is 0 Å². The maximum atomic E-state index is 11.6. The van der Waals surface area contributed by atoms with Gasteiger partial charge in [0.15, 0.2) is 0 Å². The van der Waals surface area contributed by atoms with Crippen molar-refractivity contribution in [3.8, 4) is 11.3 Å². The maximum absolute atomic E-state index is 11.6. The predicted octanol–water partition coefficient (Wildman–Crippen LogP) is 3.27. The van der Waals surface area contributed by atoms with E-state index in [0.717, 1.165) is 29.4 Å². The van der Waals surface area contributed by atoms with Gasteiger partial charge in [-0.3, -0.25) is 4.79 Å². The van der Waals surface area contributed by atoms with E-state index < -0.39 is 0 Å². The van der Waals surface area contributed by atoms with Crippen molar-refractivity contribution in [3.05, 3.63) is 52.1 Å². The number of rotatable bonds is 3. The fourth-order valence-electron chi connectivity index (χ4n) is 2.49. The van der Waals surface area contributed by atoms with Crippen molar-refractivity contribution in [2.45, 2.75) is 38.5 Å². The van der Waals surface area contributed by atoms with E-state index in [0.29, 0.717) is 0 Å². The lowest BCUT2D eigenvalue weighted by Crippen LogP contribution is -2.10. The van der Waals surface area contributed by atoms with Crippen LogP contribution in [0.25, 0.3) is 11.3 Å². The van der Waals surface area contributed by atoms with Crippen molar-refractivity contribution in [1.29, 1.82) is 0 Å². The van der Waals surface area contributed by atoms with Crippen molar-refractivity contribution in [2.24, 2.45) is 0 Å². The fourth-order valence-corrected chi connectivity index (χ4v) is 2.49. The molecule has 0 bridgehead atoms. The van der Waals surface area contributed by atoms with Gasteiger partial charge in [-0.1, -0.05) is 37.6 Å². The third-order valence-corrected chi connectivity index (χ3v) is 3.91. The predicted molar refractivity (Wildman–Crippen MR) is 76.3 cm³/mol. The molecule has 3 nitrogen and oxygen atoms in total. The minimum atomic E-state index is -0.0788. The van der Waals surface area contributed by atoms with E-state index >= 15 is 0 Å². The summed E-state index contributed by atoms with van der Waals surface area (Å²) in [5, 5.41) is 0. The Labute approximate surface area is 112 Å². The van der Waals surface area contributed by atoms with E-state index in [4.69, 9.17) is 0 Å². The minimum absolute atomic E-state index is 0.0788. The molecule has 1 saturated carbocycles. The minimum Gasteiger partial charge on any atom is -0.311 e. The van der Waals surface area contributed by atoms with Gasteiger partial charge in [-0.25, -0.2) is 4.98 Å². The van der Waals surface area contributed by atoms with Crippen LogP contribution in [0.1, 0.15) is 43.5 Å². The van der Waals surface area contributed by atoms with Crippen molar-refractivity contribution in [2.75, 3.05) is 0 Å². The van der Waals surface area contributed by atoms with Gasteiger partial charge in [0.25, 0.3) is 5.56 Å². The van der Waals surface area contributed by atoms with Gasteiger partial charge in [0, 0.05) is 18.1 Å². The number of nitrogens with zero attached hydrogens (tertiary/aromatic N) is 1. The Bertz CT molecular complexity index is 624. The first-order valence-electron chi connectivity index (χ1n) is 6.97. The molecule has 0 unspecified atom stereocenters.